The van der Waals surface area contributed by atoms with Crippen LogP contribution < -0.4 is 0 Å². The van der Waals surface area contributed by atoms with E-state index in [0.717, 1.165) is 5.92 Å². The lowest BCUT2D eigenvalue weighted by Gasteiger charge is -2.20. The number of aliphatic hydroxyl groups excluding tert-OH is 1. The van der Waals surface area contributed by atoms with Crippen molar-refractivity contribution in [3.05, 3.63) is 17.4 Å². The summed E-state index contributed by atoms with van der Waals surface area (Å²) in [5.41, 5.74) is 4.47. The van der Waals surface area contributed by atoms with Crippen molar-refractivity contribution in [1.82, 2.24) is 0 Å². The highest BCUT2D eigenvalue weighted by molar-refractivity contribution is 5.04. The Morgan fingerprint density at radius 1 is 1.42 bits per heavy atom. The van der Waals surface area contributed by atoms with E-state index >= 15 is 0 Å². The Morgan fingerprint density at radius 3 is 2.67 bits per heavy atom. The zero-order chi connectivity index (χ0) is 8.81. The molecule has 1 rings (SSSR count). The maximum atomic E-state index is 8.58. The fourth-order valence-electron chi connectivity index (χ4n) is 1.86. The predicted octanol–water partition coefficient (Wildman–Crippen LogP) is 2.66. The van der Waals surface area contributed by atoms with Gasteiger partial charge in [-0.2, -0.15) is 0 Å². The highest BCUT2D eigenvalue weighted by Gasteiger charge is 2.13. The monoisotopic (exact) mass is 166 g/mol. The third-order valence-corrected chi connectivity index (χ3v) is 2.64. The van der Waals surface area contributed by atoms with Gasteiger partial charge in [0.05, 0.1) is 6.61 Å². The van der Waals surface area contributed by atoms with Crippen LogP contribution in [0.2, 0.25) is 0 Å². The zero-order valence-corrected chi connectivity index (χ0v) is 7.84. The molecule has 1 nitrogen and oxygen atoms in total. The Morgan fingerprint density at radius 2 is 2.08 bits per heavy atom. The molecule has 1 saturated carbocycles. The average molecular weight is 166 g/mol. The van der Waals surface area contributed by atoms with Crippen LogP contribution in [0.15, 0.2) is 17.4 Å². The molecule has 1 heteroatoms. The molecule has 0 aliphatic heterocycles. The lowest BCUT2D eigenvalue weighted by molar-refractivity contribution is 0.342. The number of aliphatic hydroxyl groups is 1. The molecule has 1 N–H and O–H groups in total. The minimum atomic E-state index is 0.115. The van der Waals surface area contributed by atoms with Crippen molar-refractivity contribution in [2.24, 2.45) is 5.92 Å². The lowest BCUT2D eigenvalue weighted by atomic mass is 9.85. The molecular formula is C11H18O. The van der Waals surface area contributed by atoms with Gasteiger partial charge in [0.1, 0.15) is 0 Å². The lowest BCUT2D eigenvalue weighted by Crippen LogP contribution is -2.06. The summed E-state index contributed by atoms with van der Waals surface area (Å²) in [7, 11) is 0. The van der Waals surface area contributed by atoms with Crippen LogP contribution in [0.3, 0.4) is 0 Å². The van der Waals surface area contributed by atoms with Crippen LogP contribution in [0.5, 0.6) is 0 Å². The summed E-state index contributed by atoms with van der Waals surface area (Å²) in [6.07, 6.45) is 8.47. The van der Waals surface area contributed by atoms with Crippen LogP contribution in [-0.2, 0) is 0 Å². The van der Waals surface area contributed by atoms with Crippen molar-refractivity contribution < 1.29 is 5.11 Å². The first-order valence-corrected chi connectivity index (χ1v) is 4.87. The van der Waals surface area contributed by atoms with Gasteiger partial charge in [-0.1, -0.05) is 19.3 Å². The topological polar surface area (TPSA) is 20.2 Å². The normalized spacial score (nSPS) is 18.5. The molecule has 0 radical (unpaired) electrons. The van der Waals surface area contributed by atoms with Crippen LogP contribution in [0.1, 0.15) is 39.0 Å². The third kappa shape index (κ3) is 2.84. The van der Waals surface area contributed by atoms with Gasteiger partial charge in [-0.15, -0.1) is 5.73 Å². The summed E-state index contributed by atoms with van der Waals surface area (Å²) in [4.78, 5) is 0. The summed E-state index contributed by atoms with van der Waals surface area (Å²) >= 11 is 0. The van der Waals surface area contributed by atoms with Crippen molar-refractivity contribution in [2.75, 3.05) is 6.61 Å². The van der Waals surface area contributed by atoms with Gasteiger partial charge in [-0.05, 0) is 37.3 Å². The first-order chi connectivity index (χ1) is 5.84. The highest BCUT2D eigenvalue weighted by Crippen LogP contribution is 2.28. The molecule has 0 saturated heterocycles. The van der Waals surface area contributed by atoms with Crippen molar-refractivity contribution >= 4 is 0 Å². The summed E-state index contributed by atoms with van der Waals surface area (Å²) in [5.74, 6) is 0.738. The molecule has 0 spiro atoms. The van der Waals surface area contributed by atoms with Gasteiger partial charge in [0, 0.05) is 0 Å². The van der Waals surface area contributed by atoms with Crippen molar-refractivity contribution in [3.8, 4) is 0 Å². The van der Waals surface area contributed by atoms with Crippen LogP contribution in [0.4, 0.5) is 0 Å². The molecule has 0 amide bonds. The molecule has 0 heterocycles. The van der Waals surface area contributed by atoms with E-state index in [4.69, 9.17) is 5.11 Å². The largest absolute Gasteiger partial charge is 0.392 e. The Bertz CT molecular complexity index is 181. The molecule has 0 unspecified atom stereocenters. The maximum Gasteiger partial charge on any atom is 0.0686 e. The number of hydrogen-bond acceptors (Lipinski definition) is 1. The van der Waals surface area contributed by atoms with Crippen LogP contribution in [0.25, 0.3) is 0 Å². The Kier molecular flexibility index (Phi) is 4.13. The molecule has 0 aromatic carbocycles. The average Bonchev–Trinajstić information content (AvgIpc) is 2.15. The molecule has 1 aliphatic rings. The van der Waals surface area contributed by atoms with Gasteiger partial charge in [-0.3, -0.25) is 0 Å². The quantitative estimate of drug-likeness (QED) is 0.625. The Labute approximate surface area is 74.8 Å². The molecule has 1 fully saturated rings. The van der Waals surface area contributed by atoms with Crippen LogP contribution in [0, 0.1) is 5.92 Å². The second-order valence-corrected chi connectivity index (χ2v) is 3.55. The van der Waals surface area contributed by atoms with Crippen LogP contribution >= 0.6 is 0 Å². The summed E-state index contributed by atoms with van der Waals surface area (Å²) in [5, 5.41) is 8.58. The second-order valence-electron chi connectivity index (χ2n) is 3.55. The fourth-order valence-corrected chi connectivity index (χ4v) is 1.86. The number of rotatable bonds is 2. The van der Waals surface area contributed by atoms with E-state index in [-0.39, 0.29) is 6.61 Å². The first-order valence-electron chi connectivity index (χ1n) is 4.87. The fraction of sp³-hybridized carbons (Fsp3) is 0.727. The first kappa shape index (κ1) is 9.57. The third-order valence-electron chi connectivity index (χ3n) is 2.64. The standard InChI is InChI=1S/C11H18O/c1-10(6-5-9-12)11-7-3-2-4-8-11/h5,11-12H,2-4,7-9H2,1H3. The van der Waals surface area contributed by atoms with Gasteiger partial charge in [0.15, 0.2) is 0 Å². The van der Waals surface area contributed by atoms with Gasteiger partial charge in [0.25, 0.3) is 0 Å². The van der Waals surface area contributed by atoms with E-state index < -0.39 is 0 Å². The van der Waals surface area contributed by atoms with E-state index in [9.17, 15) is 0 Å². The predicted molar refractivity (Wildman–Crippen MR) is 50.9 cm³/mol. The minimum absolute atomic E-state index is 0.115. The second kappa shape index (κ2) is 5.18. The summed E-state index contributed by atoms with van der Waals surface area (Å²) in [6.45, 7) is 2.24. The molecule has 0 aromatic rings. The van der Waals surface area contributed by atoms with E-state index in [2.05, 4.69) is 12.7 Å². The van der Waals surface area contributed by atoms with E-state index in [1.54, 1.807) is 6.08 Å². The van der Waals surface area contributed by atoms with E-state index in [1.165, 1.54) is 37.7 Å². The Balaban J connectivity index is 2.49. The smallest absolute Gasteiger partial charge is 0.0686 e. The molecule has 1 aliphatic carbocycles. The van der Waals surface area contributed by atoms with Crippen molar-refractivity contribution in [1.29, 1.82) is 0 Å². The highest BCUT2D eigenvalue weighted by atomic mass is 16.2. The van der Waals surface area contributed by atoms with Crippen molar-refractivity contribution in [3.63, 3.8) is 0 Å². The van der Waals surface area contributed by atoms with E-state index in [0.29, 0.717) is 0 Å². The number of hydrogen-bond donors (Lipinski definition) is 1. The Hall–Kier alpha value is -0.520. The van der Waals surface area contributed by atoms with Gasteiger partial charge in [0.2, 0.25) is 0 Å². The molecule has 68 valence electrons. The molecular weight excluding hydrogens is 148 g/mol. The van der Waals surface area contributed by atoms with Crippen molar-refractivity contribution in [2.45, 2.75) is 39.0 Å². The van der Waals surface area contributed by atoms with Gasteiger partial charge in [-0.25, -0.2) is 0 Å². The summed E-state index contributed by atoms with van der Waals surface area (Å²) in [6, 6.07) is 0. The van der Waals surface area contributed by atoms with Crippen LogP contribution in [-0.4, -0.2) is 11.7 Å². The van der Waals surface area contributed by atoms with E-state index in [1.807, 2.05) is 0 Å². The molecule has 0 aromatic heterocycles. The molecule has 12 heavy (non-hydrogen) atoms. The van der Waals surface area contributed by atoms with Gasteiger partial charge < -0.3 is 5.11 Å². The summed E-state index contributed by atoms with van der Waals surface area (Å²) < 4.78 is 0. The molecule has 0 atom stereocenters. The minimum Gasteiger partial charge on any atom is -0.392 e. The SMILES string of the molecule is CC(=C=CCO)C1CCCCC1. The van der Waals surface area contributed by atoms with Gasteiger partial charge >= 0.3 is 0 Å². The maximum absolute atomic E-state index is 8.58. The molecule has 0 bridgehead atoms. The zero-order valence-electron chi connectivity index (χ0n) is 7.84.